The van der Waals surface area contributed by atoms with Crippen LogP contribution in [0.3, 0.4) is 0 Å². The van der Waals surface area contributed by atoms with Gasteiger partial charge in [0.2, 0.25) is 0 Å². The van der Waals surface area contributed by atoms with Crippen LogP contribution in [-0.2, 0) is 0 Å². The fourth-order valence-corrected chi connectivity index (χ4v) is 3.35. The van der Waals surface area contributed by atoms with E-state index >= 15 is 0 Å². The summed E-state index contributed by atoms with van der Waals surface area (Å²) in [5.74, 6) is 0.918. The van der Waals surface area contributed by atoms with Crippen molar-refractivity contribution in [1.82, 2.24) is 4.90 Å². The zero-order valence-corrected chi connectivity index (χ0v) is 9.96. The van der Waals surface area contributed by atoms with Crippen molar-refractivity contribution in [3.8, 4) is 0 Å². The molecule has 0 radical (unpaired) electrons. The Hall–Kier alpha value is -0.0800. The first-order valence-electron chi connectivity index (χ1n) is 6.84. The van der Waals surface area contributed by atoms with Gasteiger partial charge in [0.25, 0.3) is 0 Å². The maximum atomic E-state index is 5.65. The van der Waals surface area contributed by atoms with Crippen LogP contribution >= 0.6 is 0 Å². The second kappa shape index (κ2) is 5.86. The lowest BCUT2D eigenvalue weighted by atomic mass is 9.97. The van der Waals surface area contributed by atoms with Crippen LogP contribution in [0.25, 0.3) is 0 Å². The fraction of sp³-hybridized carbons (Fsp3) is 1.00. The van der Waals surface area contributed by atoms with Gasteiger partial charge in [-0.25, -0.2) is 0 Å². The van der Waals surface area contributed by atoms with Crippen molar-refractivity contribution in [2.24, 2.45) is 11.7 Å². The van der Waals surface area contributed by atoms with Gasteiger partial charge < -0.3 is 10.6 Å². The number of rotatable bonds is 3. The van der Waals surface area contributed by atoms with Crippen LogP contribution in [-0.4, -0.2) is 30.6 Å². The Labute approximate surface area is 94.2 Å². The molecule has 0 aromatic rings. The van der Waals surface area contributed by atoms with E-state index in [4.69, 9.17) is 5.73 Å². The van der Waals surface area contributed by atoms with E-state index in [1.807, 2.05) is 0 Å². The van der Waals surface area contributed by atoms with Crippen molar-refractivity contribution in [1.29, 1.82) is 0 Å². The normalized spacial score (nSPS) is 30.6. The summed E-state index contributed by atoms with van der Waals surface area (Å²) in [5, 5.41) is 0. The third-order valence-corrected chi connectivity index (χ3v) is 4.30. The smallest absolute Gasteiger partial charge is 0.00952 e. The van der Waals surface area contributed by atoms with E-state index in [9.17, 15) is 0 Å². The Morgan fingerprint density at radius 1 is 0.933 bits per heavy atom. The molecule has 2 aliphatic rings. The van der Waals surface area contributed by atoms with Crippen LogP contribution in [0.2, 0.25) is 0 Å². The standard InChI is InChI=1S/C13H26N2/c14-9-7-12-4-3-10-15(11-8-12)13-5-1-2-6-13/h12-13H,1-11,14H2. The molecule has 0 amide bonds. The SMILES string of the molecule is NCCC1CCCN(C2CCCC2)CC1. The van der Waals surface area contributed by atoms with E-state index in [0.29, 0.717) is 0 Å². The first-order valence-corrected chi connectivity index (χ1v) is 6.84. The molecule has 2 fully saturated rings. The van der Waals surface area contributed by atoms with Gasteiger partial charge >= 0.3 is 0 Å². The monoisotopic (exact) mass is 210 g/mol. The van der Waals surface area contributed by atoms with Crippen molar-refractivity contribution in [3.05, 3.63) is 0 Å². The molecule has 0 aromatic carbocycles. The van der Waals surface area contributed by atoms with Gasteiger partial charge in [0.05, 0.1) is 0 Å². The second-order valence-corrected chi connectivity index (χ2v) is 5.35. The lowest BCUT2D eigenvalue weighted by molar-refractivity contribution is 0.203. The molecule has 1 aliphatic carbocycles. The number of hydrogen-bond donors (Lipinski definition) is 1. The second-order valence-electron chi connectivity index (χ2n) is 5.35. The topological polar surface area (TPSA) is 29.3 Å². The Bertz CT molecular complexity index is 175. The molecule has 1 saturated carbocycles. The predicted octanol–water partition coefficient (Wildman–Crippen LogP) is 2.38. The predicted molar refractivity (Wildman–Crippen MR) is 64.8 cm³/mol. The lowest BCUT2D eigenvalue weighted by Crippen LogP contribution is -2.34. The summed E-state index contributed by atoms with van der Waals surface area (Å²) in [6.45, 7) is 3.58. The van der Waals surface area contributed by atoms with E-state index in [0.717, 1.165) is 18.5 Å². The minimum absolute atomic E-state index is 0.883. The summed E-state index contributed by atoms with van der Waals surface area (Å²) in [6, 6.07) is 0.932. The summed E-state index contributed by atoms with van der Waals surface area (Å²) in [5.41, 5.74) is 5.65. The van der Waals surface area contributed by atoms with E-state index in [2.05, 4.69) is 4.90 Å². The molecule has 2 heteroatoms. The molecule has 0 bridgehead atoms. The first kappa shape index (κ1) is 11.4. The third-order valence-electron chi connectivity index (χ3n) is 4.30. The Balaban J connectivity index is 1.78. The quantitative estimate of drug-likeness (QED) is 0.775. The lowest BCUT2D eigenvalue weighted by Gasteiger charge is -2.27. The molecule has 2 nitrogen and oxygen atoms in total. The average molecular weight is 210 g/mol. The number of nitrogens with zero attached hydrogens (tertiary/aromatic N) is 1. The molecule has 1 unspecified atom stereocenters. The highest BCUT2D eigenvalue weighted by atomic mass is 15.2. The van der Waals surface area contributed by atoms with Crippen molar-refractivity contribution in [3.63, 3.8) is 0 Å². The Morgan fingerprint density at radius 3 is 2.47 bits per heavy atom. The van der Waals surface area contributed by atoms with Gasteiger partial charge in [-0.1, -0.05) is 12.8 Å². The molecule has 1 saturated heterocycles. The number of nitrogens with two attached hydrogens (primary N) is 1. The molecule has 2 N–H and O–H groups in total. The summed E-state index contributed by atoms with van der Waals surface area (Å²) < 4.78 is 0. The molecule has 1 aliphatic heterocycles. The Kier molecular flexibility index (Phi) is 4.45. The van der Waals surface area contributed by atoms with E-state index < -0.39 is 0 Å². The highest BCUT2D eigenvalue weighted by molar-refractivity contribution is 4.80. The Morgan fingerprint density at radius 2 is 1.73 bits per heavy atom. The maximum Gasteiger partial charge on any atom is 0.00952 e. The zero-order valence-electron chi connectivity index (χ0n) is 9.96. The molecule has 0 aromatic heterocycles. The van der Waals surface area contributed by atoms with Gasteiger partial charge in [0, 0.05) is 6.04 Å². The average Bonchev–Trinajstić information content (AvgIpc) is 2.67. The summed E-state index contributed by atoms with van der Waals surface area (Å²) in [7, 11) is 0. The van der Waals surface area contributed by atoms with Crippen molar-refractivity contribution in [2.45, 2.75) is 57.4 Å². The summed E-state index contributed by atoms with van der Waals surface area (Å²) in [6.07, 6.45) is 11.3. The largest absolute Gasteiger partial charge is 0.330 e. The minimum Gasteiger partial charge on any atom is -0.330 e. The maximum absolute atomic E-state index is 5.65. The van der Waals surface area contributed by atoms with Crippen LogP contribution in [0.15, 0.2) is 0 Å². The van der Waals surface area contributed by atoms with Crippen LogP contribution < -0.4 is 5.73 Å². The van der Waals surface area contributed by atoms with Gasteiger partial charge in [-0.05, 0) is 64.1 Å². The molecule has 15 heavy (non-hydrogen) atoms. The first-order chi connectivity index (χ1) is 7.40. The van der Waals surface area contributed by atoms with Crippen LogP contribution in [0.4, 0.5) is 0 Å². The minimum atomic E-state index is 0.883. The number of hydrogen-bond acceptors (Lipinski definition) is 2. The molecule has 88 valence electrons. The molecule has 2 rings (SSSR count). The van der Waals surface area contributed by atoms with Gasteiger partial charge in [-0.3, -0.25) is 0 Å². The number of likely N-dealkylation sites (tertiary alicyclic amines) is 1. The molecule has 1 atom stereocenters. The van der Waals surface area contributed by atoms with Crippen LogP contribution in [0.5, 0.6) is 0 Å². The summed E-state index contributed by atoms with van der Waals surface area (Å²) in [4.78, 5) is 2.77. The van der Waals surface area contributed by atoms with E-state index in [1.165, 1.54) is 64.5 Å². The van der Waals surface area contributed by atoms with Crippen molar-refractivity contribution >= 4 is 0 Å². The molecular weight excluding hydrogens is 184 g/mol. The van der Waals surface area contributed by atoms with E-state index in [-0.39, 0.29) is 0 Å². The molecular formula is C13H26N2. The van der Waals surface area contributed by atoms with E-state index in [1.54, 1.807) is 0 Å². The van der Waals surface area contributed by atoms with Gasteiger partial charge in [-0.2, -0.15) is 0 Å². The van der Waals surface area contributed by atoms with Crippen molar-refractivity contribution in [2.75, 3.05) is 19.6 Å². The molecule has 0 spiro atoms. The van der Waals surface area contributed by atoms with Gasteiger partial charge in [0.15, 0.2) is 0 Å². The summed E-state index contributed by atoms with van der Waals surface area (Å²) >= 11 is 0. The fourth-order valence-electron chi connectivity index (χ4n) is 3.35. The van der Waals surface area contributed by atoms with Crippen LogP contribution in [0, 0.1) is 5.92 Å². The zero-order chi connectivity index (χ0) is 10.5. The van der Waals surface area contributed by atoms with Gasteiger partial charge in [0.1, 0.15) is 0 Å². The van der Waals surface area contributed by atoms with Crippen molar-refractivity contribution < 1.29 is 0 Å². The van der Waals surface area contributed by atoms with Gasteiger partial charge in [-0.15, -0.1) is 0 Å². The van der Waals surface area contributed by atoms with Crippen LogP contribution in [0.1, 0.15) is 51.4 Å². The molecule has 1 heterocycles. The highest BCUT2D eigenvalue weighted by Crippen LogP contribution is 2.27. The highest BCUT2D eigenvalue weighted by Gasteiger charge is 2.24. The third kappa shape index (κ3) is 3.18.